The van der Waals surface area contributed by atoms with Crippen molar-refractivity contribution in [1.29, 1.82) is 0 Å². The lowest BCUT2D eigenvalue weighted by Gasteiger charge is -2.11. The Morgan fingerprint density at radius 2 is 1.06 bits per heavy atom. The van der Waals surface area contributed by atoms with Gasteiger partial charge in [-0.3, -0.25) is 4.57 Å². The quantitative estimate of drug-likeness (QED) is 0.192. The minimum atomic E-state index is 0.578. The molecule has 0 spiro atoms. The van der Waals surface area contributed by atoms with Gasteiger partial charge in [0, 0.05) is 52.8 Å². The first-order valence-electron chi connectivity index (χ1n) is 16.3. The van der Waals surface area contributed by atoms with Gasteiger partial charge in [0.05, 0.1) is 11.0 Å². The lowest BCUT2D eigenvalue weighted by atomic mass is 10.0. The zero-order chi connectivity index (χ0) is 32.1. The van der Waals surface area contributed by atoms with Crippen molar-refractivity contribution < 1.29 is 4.42 Å². The van der Waals surface area contributed by atoms with E-state index in [2.05, 4.69) is 120 Å². The molecule has 11 rings (SSSR count). The van der Waals surface area contributed by atoms with Crippen molar-refractivity contribution in [2.45, 2.75) is 0 Å². The molecule has 6 heteroatoms. The molecule has 5 nitrogen and oxygen atoms in total. The molecule has 4 aromatic heterocycles. The molecule has 0 atom stereocenters. The van der Waals surface area contributed by atoms with Gasteiger partial charge in [-0.05, 0) is 59.3 Å². The zero-order valence-electron chi connectivity index (χ0n) is 26.0. The highest BCUT2D eigenvalue weighted by Crippen LogP contribution is 2.40. The molecule has 228 valence electrons. The summed E-state index contributed by atoms with van der Waals surface area (Å²) >= 11 is 1.85. The molecule has 0 N–H and O–H groups in total. The van der Waals surface area contributed by atoms with Crippen LogP contribution in [-0.4, -0.2) is 19.5 Å². The summed E-state index contributed by atoms with van der Waals surface area (Å²) in [6, 6.07) is 50.9. The van der Waals surface area contributed by atoms with Gasteiger partial charge in [0.25, 0.3) is 0 Å². The van der Waals surface area contributed by atoms with E-state index in [0.29, 0.717) is 17.6 Å². The maximum Gasteiger partial charge on any atom is 0.238 e. The van der Waals surface area contributed by atoms with Gasteiger partial charge in [-0.2, -0.15) is 9.97 Å². The lowest BCUT2D eigenvalue weighted by Crippen LogP contribution is -2.06. The molecule has 0 unspecified atom stereocenters. The zero-order valence-corrected chi connectivity index (χ0v) is 26.8. The van der Waals surface area contributed by atoms with Gasteiger partial charge in [0.2, 0.25) is 5.95 Å². The second-order valence-electron chi connectivity index (χ2n) is 12.4. The molecule has 0 fully saturated rings. The standard InChI is InChI=1S/C43H24N4OS/c1-5-13-35-29(9-1)30-10-2-6-14-36(30)47(35)43-45-41(44-42(46-43)27-19-22-38-34(24-27)31-11-3-7-15-37(31)48-38)26-18-20-28-25(23-26)17-21-33-32-12-4-8-16-39(32)49-40(28)33/h1-24H. The smallest absolute Gasteiger partial charge is 0.238 e. The first-order chi connectivity index (χ1) is 24.3. The van der Waals surface area contributed by atoms with Crippen molar-refractivity contribution >= 4 is 86.0 Å². The molecule has 0 aliphatic rings. The number of nitrogens with zero attached hydrogens (tertiary/aromatic N) is 4. The van der Waals surface area contributed by atoms with Gasteiger partial charge in [-0.1, -0.05) is 97.1 Å². The minimum absolute atomic E-state index is 0.578. The third kappa shape index (κ3) is 3.95. The molecular formula is C43H24N4OS. The van der Waals surface area contributed by atoms with Crippen LogP contribution in [0, 0.1) is 0 Å². The van der Waals surface area contributed by atoms with Crippen molar-refractivity contribution in [2.24, 2.45) is 0 Å². The van der Waals surface area contributed by atoms with Crippen LogP contribution >= 0.6 is 11.3 Å². The van der Waals surface area contributed by atoms with E-state index in [0.717, 1.165) is 60.3 Å². The predicted octanol–water partition coefficient (Wildman–Crippen LogP) is 11.7. The van der Waals surface area contributed by atoms with Crippen LogP contribution < -0.4 is 0 Å². The maximum atomic E-state index is 6.15. The molecule has 0 bridgehead atoms. The van der Waals surface area contributed by atoms with E-state index in [-0.39, 0.29) is 0 Å². The van der Waals surface area contributed by atoms with Crippen LogP contribution in [0.1, 0.15) is 0 Å². The Balaban J connectivity index is 1.17. The van der Waals surface area contributed by atoms with E-state index >= 15 is 0 Å². The van der Waals surface area contributed by atoms with Gasteiger partial charge >= 0.3 is 0 Å². The SMILES string of the molecule is c1ccc2c(c1)oc1ccc(-c3nc(-c4ccc5c(ccc6c7ccccc7sc56)c4)nc(-n4c5ccccc5c5ccccc54)n3)cc12. The van der Waals surface area contributed by atoms with Crippen molar-refractivity contribution in [3.8, 4) is 28.7 Å². The fraction of sp³-hybridized carbons (Fsp3) is 0. The molecule has 4 heterocycles. The monoisotopic (exact) mass is 644 g/mol. The molecule has 0 amide bonds. The summed E-state index contributed by atoms with van der Waals surface area (Å²) in [6.45, 7) is 0. The number of furan rings is 1. The highest BCUT2D eigenvalue weighted by molar-refractivity contribution is 7.26. The third-order valence-corrected chi connectivity index (χ3v) is 10.9. The molecule has 49 heavy (non-hydrogen) atoms. The maximum absolute atomic E-state index is 6.15. The Kier molecular flexibility index (Phi) is 5.48. The van der Waals surface area contributed by atoms with Crippen LogP contribution in [0.25, 0.3) is 103 Å². The molecule has 0 saturated carbocycles. The highest BCUT2D eigenvalue weighted by atomic mass is 32.1. The van der Waals surface area contributed by atoms with E-state index in [1.54, 1.807) is 0 Å². The van der Waals surface area contributed by atoms with Crippen molar-refractivity contribution in [2.75, 3.05) is 0 Å². The third-order valence-electron chi connectivity index (χ3n) is 9.66. The summed E-state index contributed by atoms with van der Waals surface area (Å²) < 4.78 is 10.9. The first kappa shape index (κ1) is 26.7. The Labute approximate surface area is 283 Å². The van der Waals surface area contributed by atoms with E-state index in [1.165, 1.54) is 25.6 Å². The summed E-state index contributed by atoms with van der Waals surface area (Å²) in [6.07, 6.45) is 0. The summed E-state index contributed by atoms with van der Waals surface area (Å²) in [4.78, 5) is 15.5. The van der Waals surface area contributed by atoms with Gasteiger partial charge in [-0.15, -0.1) is 11.3 Å². The molecule has 11 aromatic rings. The van der Waals surface area contributed by atoms with Crippen LogP contribution in [0.5, 0.6) is 0 Å². The lowest BCUT2D eigenvalue weighted by molar-refractivity contribution is 0.669. The van der Waals surface area contributed by atoms with E-state index in [1.807, 2.05) is 41.7 Å². The van der Waals surface area contributed by atoms with E-state index in [9.17, 15) is 0 Å². The second-order valence-corrected chi connectivity index (χ2v) is 13.5. The number of hydrogen-bond acceptors (Lipinski definition) is 5. The Bertz CT molecular complexity index is 3080. The Morgan fingerprint density at radius 1 is 0.449 bits per heavy atom. The second kappa shape index (κ2) is 10.1. The topological polar surface area (TPSA) is 56.7 Å². The molecule has 0 aliphatic carbocycles. The summed E-state index contributed by atoms with van der Waals surface area (Å²) in [7, 11) is 0. The fourth-order valence-corrected chi connectivity index (χ4v) is 8.61. The average Bonchev–Trinajstić information content (AvgIpc) is 3.84. The van der Waals surface area contributed by atoms with Crippen LogP contribution in [0.4, 0.5) is 0 Å². The molecular weight excluding hydrogens is 621 g/mol. The average molecular weight is 645 g/mol. The van der Waals surface area contributed by atoms with Crippen LogP contribution in [0.3, 0.4) is 0 Å². The molecule has 0 aliphatic heterocycles. The van der Waals surface area contributed by atoms with Crippen molar-refractivity contribution in [1.82, 2.24) is 19.5 Å². The number of para-hydroxylation sites is 3. The number of rotatable bonds is 3. The normalized spacial score (nSPS) is 12.1. The van der Waals surface area contributed by atoms with Crippen molar-refractivity contribution in [3.63, 3.8) is 0 Å². The summed E-state index contributed by atoms with van der Waals surface area (Å²) in [5, 5.41) is 9.40. The number of benzene rings is 7. The number of fused-ring (bicyclic) bond motifs is 11. The van der Waals surface area contributed by atoms with Gasteiger partial charge < -0.3 is 4.42 Å². The molecule has 0 radical (unpaired) electrons. The van der Waals surface area contributed by atoms with E-state index < -0.39 is 0 Å². The largest absolute Gasteiger partial charge is 0.456 e. The van der Waals surface area contributed by atoms with Gasteiger partial charge in [-0.25, -0.2) is 4.98 Å². The number of aromatic nitrogens is 4. The van der Waals surface area contributed by atoms with Crippen LogP contribution in [-0.2, 0) is 0 Å². The Morgan fingerprint density at radius 3 is 1.86 bits per heavy atom. The van der Waals surface area contributed by atoms with Gasteiger partial charge in [0.15, 0.2) is 11.6 Å². The first-order valence-corrected chi connectivity index (χ1v) is 17.1. The van der Waals surface area contributed by atoms with Crippen LogP contribution in [0.15, 0.2) is 150 Å². The number of thiophene rings is 1. The fourth-order valence-electron chi connectivity index (χ4n) is 7.38. The molecule has 7 aromatic carbocycles. The van der Waals surface area contributed by atoms with Gasteiger partial charge in [0.1, 0.15) is 11.2 Å². The van der Waals surface area contributed by atoms with Crippen molar-refractivity contribution in [3.05, 3.63) is 146 Å². The number of hydrogen-bond donors (Lipinski definition) is 0. The Hall–Kier alpha value is -6.37. The summed E-state index contributed by atoms with van der Waals surface area (Å²) in [5.41, 5.74) is 5.64. The molecule has 0 saturated heterocycles. The highest BCUT2D eigenvalue weighted by Gasteiger charge is 2.19. The predicted molar refractivity (Wildman–Crippen MR) is 203 cm³/mol. The van der Waals surface area contributed by atoms with Crippen LogP contribution in [0.2, 0.25) is 0 Å². The summed E-state index contributed by atoms with van der Waals surface area (Å²) in [5.74, 6) is 1.81. The minimum Gasteiger partial charge on any atom is -0.456 e. The van der Waals surface area contributed by atoms with E-state index in [4.69, 9.17) is 19.4 Å².